The van der Waals surface area contributed by atoms with Crippen molar-refractivity contribution < 1.29 is 49.8 Å². The van der Waals surface area contributed by atoms with E-state index < -0.39 is 47.9 Å². The van der Waals surface area contributed by atoms with Crippen LogP contribution in [0.5, 0.6) is 0 Å². The van der Waals surface area contributed by atoms with Gasteiger partial charge in [-0.05, 0) is 51.7 Å². The Morgan fingerprint density at radius 1 is 0.710 bits per heavy atom. The fraction of sp³-hybridized carbons (Fsp3) is 0.300. The number of carbonyl (C=O) groups is 2. The summed E-state index contributed by atoms with van der Waals surface area (Å²) in [5.41, 5.74) is 7.22. The highest BCUT2D eigenvalue weighted by Crippen LogP contribution is 2.40. The van der Waals surface area contributed by atoms with Crippen molar-refractivity contribution >= 4 is 46.2 Å². The van der Waals surface area contributed by atoms with Crippen LogP contribution in [0.15, 0.2) is 73.0 Å². The Morgan fingerprint density at radius 2 is 1.17 bits per heavy atom. The van der Waals surface area contributed by atoms with Gasteiger partial charge in [-0.3, -0.25) is 13.9 Å². The van der Waals surface area contributed by atoms with Crippen molar-refractivity contribution in [1.29, 1.82) is 0 Å². The Balaban J connectivity index is 0.000000154. The molecule has 360 valence electrons. The molecular weight excluding hydrogens is 969 g/mol. The number of hydrogen-bond donors (Lipinski definition) is 3. The standard InChI is InChI=1S/C20H16F4N8OS.C12H10FN3O2.C8H8F3N5S/c1-10(20(22,23)24)32-9-27-30-17(32)19-29-16(7-34-19)28-18(33)13-4-15(12(21)5-25-13)31-6-14(26-8-31)11-2-3-11;13-8-4-14-9(12(17)18)3-11(8)16-5-10(15-6-16)7-1-2-7;1-4(8(9,10)11)16-3-13-15-6(16)7-14-5(12)2-17-7/h4-11H,2-3H2,1H3,(H,28,33);3-7H,1-2H2,(H,17,18);2-4H,12H2,1H3. The number of nitrogens with zero attached hydrogens (tertiary/aromatic N) is 14. The van der Waals surface area contributed by atoms with Gasteiger partial charge in [-0.2, -0.15) is 26.3 Å². The number of nitrogens with one attached hydrogen (secondary N) is 1. The molecule has 2 unspecified atom stereocenters. The molecule has 2 atom stereocenters. The first-order chi connectivity index (χ1) is 32.7. The van der Waals surface area contributed by atoms with Gasteiger partial charge in [0.05, 0.1) is 47.8 Å². The molecular formula is C40H34F8N16O3S2. The van der Waals surface area contributed by atoms with Gasteiger partial charge in [0.1, 0.15) is 47.8 Å². The molecule has 2 fully saturated rings. The lowest BCUT2D eigenvalue weighted by Gasteiger charge is -2.17. The maximum Gasteiger partial charge on any atom is 0.408 e. The number of rotatable bonds is 11. The zero-order chi connectivity index (χ0) is 49.4. The minimum absolute atomic E-state index is 0.0662. The smallest absolute Gasteiger partial charge is 0.408 e. The van der Waals surface area contributed by atoms with Crippen LogP contribution in [0.25, 0.3) is 33.0 Å². The minimum Gasteiger partial charge on any atom is -0.477 e. The summed E-state index contributed by atoms with van der Waals surface area (Å²) in [6.07, 6.45) is 5.76. The van der Waals surface area contributed by atoms with Crippen molar-refractivity contribution in [2.24, 2.45) is 0 Å². The van der Waals surface area contributed by atoms with Gasteiger partial charge in [-0.25, -0.2) is 43.5 Å². The molecule has 1 amide bonds. The van der Waals surface area contributed by atoms with E-state index in [9.17, 15) is 44.7 Å². The molecule has 0 aromatic carbocycles. The number of thiazole rings is 2. The highest BCUT2D eigenvalue weighted by atomic mass is 32.1. The quantitative estimate of drug-likeness (QED) is 0.103. The Hall–Kier alpha value is -7.56. The number of halogens is 8. The second-order valence-corrected chi connectivity index (χ2v) is 17.2. The molecule has 0 aliphatic heterocycles. The van der Waals surface area contributed by atoms with Crippen LogP contribution in [-0.4, -0.2) is 97.9 Å². The van der Waals surface area contributed by atoms with Crippen LogP contribution in [0.1, 0.15) is 95.8 Å². The number of aromatic nitrogens is 14. The zero-order valence-electron chi connectivity index (χ0n) is 35.5. The molecule has 0 spiro atoms. The first-order valence-electron chi connectivity index (χ1n) is 20.3. The van der Waals surface area contributed by atoms with Gasteiger partial charge in [-0.15, -0.1) is 43.1 Å². The molecule has 8 aromatic heterocycles. The fourth-order valence-electron chi connectivity index (χ4n) is 6.29. The molecule has 2 aliphatic carbocycles. The van der Waals surface area contributed by atoms with E-state index in [4.69, 9.17) is 10.8 Å². The van der Waals surface area contributed by atoms with Crippen LogP contribution in [0.4, 0.5) is 46.8 Å². The number of amides is 1. The van der Waals surface area contributed by atoms with Gasteiger partial charge in [-0.1, -0.05) is 0 Å². The van der Waals surface area contributed by atoms with Gasteiger partial charge in [0.25, 0.3) is 5.91 Å². The normalized spacial score (nSPS) is 14.6. The molecule has 10 rings (SSSR count). The van der Waals surface area contributed by atoms with Crippen molar-refractivity contribution in [3.05, 3.63) is 107 Å². The zero-order valence-corrected chi connectivity index (χ0v) is 37.1. The van der Waals surface area contributed by atoms with Crippen LogP contribution in [0.2, 0.25) is 0 Å². The van der Waals surface area contributed by atoms with Gasteiger partial charge >= 0.3 is 18.3 Å². The van der Waals surface area contributed by atoms with Crippen molar-refractivity contribution in [3.8, 4) is 33.0 Å². The third-order valence-electron chi connectivity index (χ3n) is 10.5. The molecule has 69 heavy (non-hydrogen) atoms. The maximum absolute atomic E-state index is 14.4. The van der Waals surface area contributed by atoms with Crippen LogP contribution in [0, 0.1) is 11.6 Å². The van der Waals surface area contributed by atoms with E-state index in [1.165, 1.54) is 44.7 Å². The maximum atomic E-state index is 14.4. The lowest BCUT2D eigenvalue weighted by Crippen LogP contribution is -2.23. The second-order valence-electron chi connectivity index (χ2n) is 15.4. The highest BCUT2D eigenvalue weighted by molar-refractivity contribution is 7.13. The number of hydrogen-bond acceptors (Lipinski definition) is 15. The van der Waals surface area contributed by atoms with Crippen LogP contribution in [0.3, 0.4) is 0 Å². The fourth-order valence-corrected chi connectivity index (χ4v) is 7.72. The van der Waals surface area contributed by atoms with Crippen LogP contribution >= 0.6 is 22.7 Å². The van der Waals surface area contributed by atoms with E-state index in [2.05, 4.69) is 55.6 Å². The highest BCUT2D eigenvalue weighted by Gasteiger charge is 2.40. The number of carboxylic acids is 1. The molecule has 4 N–H and O–H groups in total. The van der Waals surface area contributed by atoms with Crippen molar-refractivity contribution in [3.63, 3.8) is 0 Å². The monoisotopic (exact) mass is 1000 g/mol. The molecule has 0 bridgehead atoms. The summed E-state index contributed by atoms with van der Waals surface area (Å²) in [6.45, 7) is 2.01. The molecule has 0 radical (unpaired) electrons. The van der Waals surface area contributed by atoms with Gasteiger partial charge in [0.2, 0.25) is 0 Å². The Kier molecular flexibility index (Phi) is 13.3. The van der Waals surface area contributed by atoms with E-state index in [0.717, 1.165) is 108 Å². The summed E-state index contributed by atoms with van der Waals surface area (Å²) in [6, 6.07) is -1.07. The molecule has 0 saturated heterocycles. The van der Waals surface area contributed by atoms with Crippen LogP contribution in [-0.2, 0) is 0 Å². The van der Waals surface area contributed by atoms with E-state index in [1.54, 1.807) is 12.4 Å². The number of nitrogen functional groups attached to an aromatic ring is 1. The largest absolute Gasteiger partial charge is 0.477 e. The average Bonchev–Trinajstić information content (AvgIpc) is 3.79. The summed E-state index contributed by atoms with van der Waals surface area (Å²) in [5.74, 6) is -1.85. The first kappa shape index (κ1) is 47.9. The number of aromatic carboxylic acids is 1. The lowest BCUT2D eigenvalue weighted by atomic mass is 10.3. The SMILES string of the molecule is CC(n1cnnc1-c1nc(N)cs1)C(F)(F)F.CC(n1cnnc1-c1nc(NC(=O)c2cc(-n3cnc(C4CC4)c3)c(F)cn2)cs1)C(F)(F)F.O=C(O)c1cc(-n2cnc(C3CC3)c2)c(F)cn1. The summed E-state index contributed by atoms with van der Waals surface area (Å²) in [4.78, 5) is 47.4. The van der Waals surface area contributed by atoms with E-state index in [-0.39, 0.29) is 51.1 Å². The van der Waals surface area contributed by atoms with Gasteiger partial charge in [0.15, 0.2) is 33.3 Å². The van der Waals surface area contributed by atoms with E-state index >= 15 is 0 Å². The van der Waals surface area contributed by atoms with E-state index in [1.807, 2.05) is 0 Å². The van der Waals surface area contributed by atoms with Crippen molar-refractivity contribution in [2.75, 3.05) is 11.1 Å². The Bertz CT molecular complexity index is 3110. The summed E-state index contributed by atoms with van der Waals surface area (Å²) in [7, 11) is 0. The molecule has 8 aromatic rings. The minimum atomic E-state index is -4.49. The van der Waals surface area contributed by atoms with Crippen molar-refractivity contribution in [2.45, 2.75) is 75.8 Å². The number of alkyl halides is 6. The number of carboxylic acid groups (broad SMARTS) is 1. The van der Waals surface area contributed by atoms with Crippen molar-refractivity contribution in [1.82, 2.24) is 68.6 Å². The number of pyridine rings is 2. The van der Waals surface area contributed by atoms with E-state index in [0.29, 0.717) is 16.8 Å². The second kappa shape index (κ2) is 19.2. The lowest BCUT2D eigenvalue weighted by molar-refractivity contribution is -0.163. The average molecular weight is 1000 g/mol. The molecule has 2 aliphatic rings. The predicted octanol–water partition coefficient (Wildman–Crippen LogP) is 8.46. The summed E-state index contributed by atoms with van der Waals surface area (Å²) in [5, 5.41) is 29.2. The summed E-state index contributed by atoms with van der Waals surface area (Å²) >= 11 is 2.11. The number of imidazole rings is 2. The summed E-state index contributed by atoms with van der Waals surface area (Å²) < 4.78 is 110. The van der Waals surface area contributed by atoms with Crippen LogP contribution < -0.4 is 11.1 Å². The van der Waals surface area contributed by atoms with Gasteiger partial charge < -0.3 is 25.3 Å². The number of carbonyl (C=O) groups excluding carboxylic acids is 1. The number of anilines is 2. The third kappa shape index (κ3) is 11.1. The number of nitrogens with two attached hydrogens (primary N) is 1. The topological polar surface area (TPSA) is 241 Å². The molecule has 29 heteroatoms. The first-order valence-corrected chi connectivity index (χ1v) is 22.0. The van der Waals surface area contributed by atoms with Gasteiger partial charge in [0, 0.05) is 35.0 Å². The Morgan fingerprint density at radius 3 is 1.62 bits per heavy atom. The predicted molar refractivity (Wildman–Crippen MR) is 230 cm³/mol. The molecule has 8 heterocycles. The molecule has 2 saturated carbocycles. The third-order valence-corrected chi connectivity index (χ3v) is 12.1. The Labute approximate surface area is 390 Å². The molecule has 19 nitrogen and oxygen atoms in total.